The van der Waals surface area contributed by atoms with Crippen LogP contribution in [0.25, 0.3) is 0 Å². The standard InChI is InChI=1S/C24H42O3S.Ca.2H/c1-2-3-4-5-6-7-8-9-10-11-12-13-14-15-16-17-20-23-21-18-19-22-24(23)28(25,26)27;;;/h18-19,21-22H,2-17,20H2,1H3,(H,25,26,27);;;. The van der Waals surface area contributed by atoms with Crippen molar-refractivity contribution in [2.45, 2.75) is 121 Å². The fourth-order valence-electron chi connectivity index (χ4n) is 3.83. The Bertz CT molecular complexity index is 602. The molecule has 3 nitrogen and oxygen atoms in total. The van der Waals surface area contributed by atoms with Crippen molar-refractivity contribution in [1.29, 1.82) is 0 Å². The SMILES string of the molecule is CCCCCCCCCCCCCCCCCCc1ccccc1S(=O)(=O)O.[CaH2]. The molecule has 0 aliphatic rings. The van der Waals surface area contributed by atoms with Crippen molar-refractivity contribution in [3.05, 3.63) is 29.8 Å². The Hall–Kier alpha value is 0.390. The van der Waals surface area contributed by atoms with Crippen molar-refractivity contribution in [3.8, 4) is 0 Å². The first-order chi connectivity index (χ1) is 13.6. The number of benzene rings is 1. The molecule has 1 N–H and O–H groups in total. The fourth-order valence-corrected chi connectivity index (χ4v) is 4.58. The molecule has 1 aromatic carbocycles. The molecule has 0 unspecified atom stereocenters. The van der Waals surface area contributed by atoms with E-state index in [1.807, 2.05) is 6.07 Å². The Kier molecular flexibility index (Phi) is 19.4. The zero-order valence-electron chi connectivity index (χ0n) is 18.0. The Morgan fingerprint density at radius 2 is 1.03 bits per heavy atom. The molecule has 0 bridgehead atoms. The van der Waals surface area contributed by atoms with E-state index in [0.717, 1.165) is 18.4 Å². The van der Waals surface area contributed by atoms with Gasteiger partial charge in [0.25, 0.3) is 10.1 Å². The van der Waals surface area contributed by atoms with Gasteiger partial charge in [-0.15, -0.1) is 0 Å². The number of unbranched alkanes of at least 4 members (excludes halogenated alkanes) is 15. The van der Waals surface area contributed by atoms with Gasteiger partial charge < -0.3 is 0 Å². The summed E-state index contributed by atoms with van der Waals surface area (Å²) in [6.45, 7) is 2.27. The molecule has 29 heavy (non-hydrogen) atoms. The maximum atomic E-state index is 11.4. The van der Waals surface area contributed by atoms with Crippen molar-refractivity contribution < 1.29 is 13.0 Å². The van der Waals surface area contributed by atoms with Crippen molar-refractivity contribution in [2.24, 2.45) is 0 Å². The van der Waals surface area contributed by atoms with E-state index in [0.29, 0.717) is 6.42 Å². The van der Waals surface area contributed by atoms with Gasteiger partial charge in [0.05, 0.1) is 4.90 Å². The van der Waals surface area contributed by atoms with Gasteiger partial charge >= 0.3 is 37.7 Å². The molecule has 0 amide bonds. The predicted octanol–water partition coefficient (Wildman–Crippen LogP) is 6.82. The van der Waals surface area contributed by atoms with Gasteiger partial charge in [0, 0.05) is 0 Å². The van der Waals surface area contributed by atoms with Crippen molar-refractivity contribution in [1.82, 2.24) is 0 Å². The van der Waals surface area contributed by atoms with E-state index in [1.54, 1.807) is 12.1 Å². The molecule has 0 saturated carbocycles. The molecule has 0 saturated heterocycles. The molecule has 0 aliphatic heterocycles. The van der Waals surface area contributed by atoms with E-state index in [4.69, 9.17) is 0 Å². The van der Waals surface area contributed by atoms with E-state index in [1.165, 1.54) is 96.0 Å². The van der Waals surface area contributed by atoms with Gasteiger partial charge in [0.2, 0.25) is 0 Å². The average Bonchev–Trinajstić information content (AvgIpc) is 2.67. The second-order valence-electron chi connectivity index (χ2n) is 8.14. The van der Waals surface area contributed by atoms with Gasteiger partial charge in [-0.25, -0.2) is 0 Å². The summed E-state index contributed by atoms with van der Waals surface area (Å²) in [5.74, 6) is 0. The molecule has 0 aliphatic carbocycles. The van der Waals surface area contributed by atoms with Crippen molar-refractivity contribution in [3.63, 3.8) is 0 Å². The van der Waals surface area contributed by atoms with E-state index in [2.05, 4.69) is 6.92 Å². The summed E-state index contributed by atoms with van der Waals surface area (Å²) in [6.07, 6.45) is 22.0. The fraction of sp³-hybridized carbons (Fsp3) is 0.750. The first-order valence-corrected chi connectivity index (χ1v) is 13.0. The molecular weight excluding hydrogens is 408 g/mol. The molecule has 0 aromatic heterocycles. The average molecular weight is 453 g/mol. The number of hydrogen-bond acceptors (Lipinski definition) is 2. The van der Waals surface area contributed by atoms with Gasteiger partial charge in [-0.1, -0.05) is 121 Å². The van der Waals surface area contributed by atoms with E-state index in [-0.39, 0.29) is 42.6 Å². The van der Waals surface area contributed by atoms with E-state index < -0.39 is 10.1 Å². The summed E-state index contributed by atoms with van der Waals surface area (Å²) in [5, 5.41) is 0. The number of aryl methyl sites for hydroxylation is 1. The zero-order chi connectivity index (χ0) is 20.5. The molecule has 5 heteroatoms. The minimum absolute atomic E-state index is 0. The summed E-state index contributed by atoms with van der Waals surface area (Å²) < 4.78 is 32.0. The third-order valence-electron chi connectivity index (χ3n) is 5.55. The molecule has 0 fully saturated rings. The van der Waals surface area contributed by atoms with Gasteiger partial charge in [0.1, 0.15) is 0 Å². The summed E-state index contributed by atoms with van der Waals surface area (Å²) >= 11 is 0. The van der Waals surface area contributed by atoms with Crippen LogP contribution < -0.4 is 0 Å². The predicted molar refractivity (Wildman–Crippen MR) is 128 cm³/mol. The Balaban J connectivity index is 0.00000784. The van der Waals surface area contributed by atoms with Gasteiger partial charge in [-0.3, -0.25) is 4.55 Å². The molecular formula is C24H44CaO3S. The van der Waals surface area contributed by atoms with Crippen molar-refractivity contribution >= 4 is 47.9 Å². The summed E-state index contributed by atoms with van der Waals surface area (Å²) in [7, 11) is -4.11. The Morgan fingerprint density at radius 1 is 0.655 bits per heavy atom. The zero-order valence-corrected chi connectivity index (χ0v) is 18.8. The normalized spacial score (nSPS) is 11.4. The van der Waals surface area contributed by atoms with Crippen LogP contribution in [0.15, 0.2) is 29.2 Å². The molecule has 0 spiro atoms. The van der Waals surface area contributed by atoms with Crippen LogP contribution in [0.3, 0.4) is 0 Å². The van der Waals surface area contributed by atoms with Crippen LogP contribution in [0.4, 0.5) is 0 Å². The van der Waals surface area contributed by atoms with Gasteiger partial charge in [-0.05, 0) is 24.5 Å². The number of rotatable bonds is 18. The van der Waals surface area contributed by atoms with E-state index in [9.17, 15) is 13.0 Å². The second-order valence-corrected chi connectivity index (χ2v) is 9.53. The van der Waals surface area contributed by atoms with Crippen LogP contribution in [-0.4, -0.2) is 50.7 Å². The Morgan fingerprint density at radius 3 is 1.45 bits per heavy atom. The van der Waals surface area contributed by atoms with Crippen LogP contribution in [0, 0.1) is 0 Å². The monoisotopic (exact) mass is 452 g/mol. The molecule has 0 radical (unpaired) electrons. The van der Waals surface area contributed by atoms with Gasteiger partial charge in [0.15, 0.2) is 0 Å². The molecule has 0 atom stereocenters. The molecule has 166 valence electrons. The van der Waals surface area contributed by atoms with Crippen LogP contribution in [-0.2, 0) is 16.5 Å². The van der Waals surface area contributed by atoms with Crippen molar-refractivity contribution in [2.75, 3.05) is 0 Å². The third kappa shape index (κ3) is 15.8. The summed E-state index contributed by atoms with van der Waals surface area (Å²) in [5.41, 5.74) is 0.732. The first-order valence-electron chi connectivity index (χ1n) is 11.6. The second kappa shape index (κ2) is 19.1. The Labute approximate surface area is 210 Å². The van der Waals surface area contributed by atoms with Crippen LogP contribution in [0.2, 0.25) is 0 Å². The van der Waals surface area contributed by atoms with Gasteiger partial charge in [-0.2, -0.15) is 8.42 Å². The van der Waals surface area contributed by atoms with Crippen LogP contribution in [0.5, 0.6) is 0 Å². The molecule has 1 rings (SSSR count). The summed E-state index contributed by atoms with van der Waals surface area (Å²) in [6, 6.07) is 6.77. The summed E-state index contributed by atoms with van der Waals surface area (Å²) in [4.78, 5) is 0.0657. The van der Waals surface area contributed by atoms with Crippen LogP contribution in [0.1, 0.15) is 115 Å². The van der Waals surface area contributed by atoms with Crippen LogP contribution >= 0.6 is 0 Å². The third-order valence-corrected chi connectivity index (χ3v) is 6.50. The first kappa shape index (κ1) is 29.4. The maximum absolute atomic E-state index is 11.4. The number of hydrogen-bond donors (Lipinski definition) is 1. The minimum atomic E-state index is -4.11. The molecule has 1 aromatic rings. The molecule has 0 heterocycles. The topological polar surface area (TPSA) is 54.4 Å². The quantitative estimate of drug-likeness (QED) is 0.151. The van der Waals surface area contributed by atoms with E-state index >= 15 is 0 Å².